The molecule has 2 aromatic carbocycles. The quantitative estimate of drug-likeness (QED) is 0.722. The SMILES string of the molecule is COc1ccc(NC(=O)CCc2nc(-c3ccccc3Cl)no2)cc1. The predicted octanol–water partition coefficient (Wildman–Crippen LogP) is 3.97. The van der Waals surface area contributed by atoms with Crippen LogP contribution < -0.4 is 10.1 Å². The lowest BCUT2D eigenvalue weighted by molar-refractivity contribution is -0.116. The molecule has 0 spiro atoms. The molecular weight excluding hydrogens is 342 g/mol. The van der Waals surface area contributed by atoms with Gasteiger partial charge in [-0.25, -0.2) is 0 Å². The van der Waals surface area contributed by atoms with E-state index in [1.807, 2.05) is 18.2 Å². The van der Waals surface area contributed by atoms with Gasteiger partial charge in [-0.05, 0) is 36.4 Å². The summed E-state index contributed by atoms with van der Waals surface area (Å²) in [6, 6.07) is 14.4. The highest BCUT2D eigenvalue weighted by molar-refractivity contribution is 6.33. The van der Waals surface area contributed by atoms with Gasteiger partial charge in [0.2, 0.25) is 17.6 Å². The van der Waals surface area contributed by atoms with Gasteiger partial charge in [-0.1, -0.05) is 28.9 Å². The van der Waals surface area contributed by atoms with E-state index in [4.69, 9.17) is 20.9 Å². The van der Waals surface area contributed by atoms with Gasteiger partial charge in [0, 0.05) is 24.1 Å². The second-order valence-corrected chi connectivity index (χ2v) is 5.68. The number of amides is 1. The normalized spacial score (nSPS) is 10.5. The number of hydrogen-bond acceptors (Lipinski definition) is 5. The van der Waals surface area contributed by atoms with Crippen LogP contribution in [0.2, 0.25) is 5.02 Å². The molecule has 25 heavy (non-hydrogen) atoms. The molecule has 3 rings (SSSR count). The Morgan fingerprint density at radius 1 is 1.20 bits per heavy atom. The molecule has 1 heterocycles. The number of rotatable bonds is 6. The second kappa shape index (κ2) is 7.81. The van der Waals surface area contributed by atoms with Crippen molar-refractivity contribution < 1.29 is 14.1 Å². The number of anilines is 1. The molecule has 3 aromatic rings. The van der Waals surface area contributed by atoms with Crippen molar-refractivity contribution in [3.05, 3.63) is 59.4 Å². The molecule has 0 aliphatic rings. The fourth-order valence-corrected chi connectivity index (χ4v) is 2.45. The third-order valence-electron chi connectivity index (χ3n) is 3.52. The van der Waals surface area contributed by atoms with Gasteiger partial charge in [0.25, 0.3) is 0 Å². The van der Waals surface area contributed by atoms with E-state index in [0.717, 1.165) is 5.75 Å². The minimum Gasteiger partial charge on any atom is -0.497 e. The van der Waals surface area contributed by atoms with Crippen LogP contribution in [-0.2, 0) is 11.2 Å². The highest BCUT2D eigenvalue weighted by Gasteiger charge is 2.12. The van der Waals surface area contributed by atoms with Crippen LogP contribution in [0.5, 0.6) is 5.75 Å². The van der Waals surface area contributed by atoms with Gasteiger partial charge in [0.05, 0.1) is 12.1 Å². The molecule has 0 atom stereocenters. The molecule has 0 saturated carbocycles. The van der Waals surface area contributed by atoms with E-state index >= 15 is 0 Å². The minimum atomic E-state index is -0.136. The number of hydrogen-bond donors (Lipinski definition) is 1. The molecule has 1 aromatic heterocycles. The zero-order valence-corrected chi connectivity index (χ0v) is 14.3. The Kier molecular flexibility index (Phi) is 5.30. The summed E-state index contributed by atoms with van der Waals surface area (Å²) >= 11 is 6.11. The largest absolute Gasteiger partial charge is 0.497 e. The van der Waals surface area contributed by atoms with Crippen molar-refractivity contribution in [2.75, 3.05) is 12.4 Å². The number of aromatic nitrogens is 2. The van der Waals surface area contributed by atoms with E-state index in [2.05, 4.69) is 15.5 Å². The van der Waals surface area contributed by atoms with Crippen LogP contribution in [0.25, 0.3) is 11.4 Å². The number of carbonyl (C=O) groups excluding carboxylic acids is 1. The third kappa shape index (κ3) is 4.36. The summed E-state index contributed by atoms with van der Waals surface area (Å²) in [4.78, 5) is 16.3. The number of benzene rings is 2. The van der Waals surface area contributed by atoms with Crippen LogP contribution in [0.1, 0.15) is 12.3 Å². The van der Waals surface area contributed by atoms with Gasteiger partial charge in [-0.2, -0.15) is 4.98 Å². The first-order valence-corrected chi connectivity index (χ1v) is 8.05. The monoisotopic (exact) mass is 357 g/mol. The van der Waals surface area contributed by atoms with E-state index in [-0.39, 0.29) is 12.3 Å². The van der Waals surface area contributed by atoms with Gasteiger partial charge in [0.15, 0.2) is 0 Å². The van der Waals surface area contributed by atoms with E-state index in [0.29, 0.717) is 34.4 Å². The molecule has 6 nitrogen and oxygen atoms in total. The first-order chi connectivity index (χ1) is 12.2. The molecular formula is C18H16ClN3O3. The van der Waals surface area contributed by atoms with Crippen LogP contribution in [0, 0.1) is 0 Å². The number of nitrogens with one attached hydrogen (secondary N) is 1. The van der Waals surface area contributed by atoms with E-state index in [1.54, 1.807) is 37.4 Å². The molecule has 7 heteroatoms. The third-order valence-corrected chi connectivity index (χ3v) is 3.85. The average Bonchev–Trinajstić information content (AvgIpc) is 3.10. The topological polar surface area (TPSA) is 77.2 Å². The maximum Gasteiger partial charge on any atom is 0.227 e. The molecule has 0 bridgehead atoms. The fraction of sp³-hybridized carbons (Fsp3) is 0.167. The van der Waals surface area contributed by atoms with Crippen LogP contribution >= 0.6 is 11.6 Å². The van der Waals surface area contributed by atoms with Crippen LogP contribution in [0.4, 0.5) is 5.69 Å². The van der Waals surface area contributed by atoms with Crippen molar-refractivity contribution in [1.29, 1.82) is 0 Å². The fourth-order valence-electron chi connectivity index (χ4n) is 2.23. The van der Waals surface area contributed by atoms with Crippen molar-refractivity contribution in [3.8, 4) is 17.1 Å². The van der Waals surface area contributed by atoms with Gasteiger partial charge >= 0.3 is 0 Å². The predicted molar refractivity (Wildman–Crippen MR) is 94.7 cm³/mol. The number of methoxy groups -OCH3 is 1. The van der Waals surface area contributed by atoms with Gasteiger partial charge in [-0.15, -0.1) is 0 Å². The van der Waals surface area contributed by atoms with Crippen LogP contribution in [-0.4, -0.2) is 23.2 Å². The summed E-state index contributed by atoms with van der Waals surface area (Å²) < 4.78 is 10.3. The van der Waals surface area contributed by atoms with E-state index in [1.165, 1.54) is 0 Å². The first-order valence-electron chi connectivity index (χ1n) is 7.67. The lowest BCUT2D eigenvalue weighted by Crippen LogP contribution is -2.12. The molecule has 0 radical (unpaired) electrons. The summed E-state index contributed by atoms with van der Waals surface area (Å²) in [7, 11) is 1.59. The number of carbonyl (C=O) groups is 1. The number of aryl methyl sites for hydroxylation is 1. The molecule has 0 fully saturated rings. The summed E-state index contributed by atoms with van der Waals surface area (Å²) in [5.41, 5.74) is 1.40. The molecule has 1 N–H and O–H groups in total. The summed E-state index contributed by atoms with van der Waals surface area (Å²) in [6.45, 7) is 0. The average molecular weight is 358 g/mol. The Morgan fingerprint density at radius 2 is 1.96 bits per heavy atom. The molecule has 1 amide bonds. The lowest BCUT2D eigenvalue weighted by Gasteiger charge is -2.05. The zero-order chi connectivity index (χ0) is 17.6. The van der Waals surface area contributed by atoms with E-state index < -0.39 is 0 Å². The molecule has 0 saturated heterocycles. The molecule has 128 valence electrons. The highest BCUT2D eigenvalue weighted by atomic mass is 35.5. The van der Waals surface area contributed by atoms with Crippen molar-refractivity contribution in [2.45, 2.75) is 12.8 Å². The minimum absolute atomic E-state index is 0.136. The Morgan fingerprint density at radius 3 is 2.68 bits per heavy atom. The maximum atomic E-state index is 12.0. The maximum absolute atomic E-state index is 12.0. The van der Waals surface area contributed by atoms with Crippen molar-refractivity contribution >= 4 is 23.2 Å². The van der Waals surface area contributed by atoms with Gasteiger partial charge < -0.3 is 14.6 Å². The summed E-state index contributed by atoms with van der Waals surface area (Å²) in [5, 5.41) is 7.27. The number of nitrogens with zero attached hydrogens (tertiary/aromatic N) is 2. The number of halogens is 1. The zero-order valence-electron chi connectivity index (χ0n) is 13.5. The Hall–Kier alpha value is -2.86. The van der Waals surface area contributed by atoms with Gasteiger partial charge in [-0.3, -0.25) is 4.79 Å². The Balaban J connectivity index is 1.56. The Labute approximate surface area is 149 Å². The van der Waals surface area contributed by atoms with Crippen molar-refractivity contribution in [1.82, 2.24) is 10.1 Å². The first kappa shape index (κ1) is 17.0. The molecule has 0 unspecified atom stereocenters. The second-order valence-electron chi connectivity index (χ2n) is 5.27. The smallest absolute Gasteiger partial charge is 0.227 e. The summed E-state index contributed by atoms with van der Waals surface area (Å²) in [6.07, 6.45) is 0.579. The van der Waals surface area contributed by atoms with E-state index in [9.17, 15) is 4.79 Å². The Bertz CT molecular complexity index is 862. The van der Waals surface area contributed by atoms with Gasteiger partial charge in [0.1, 0.15) is 5.75 Å². The molecule has 0 aliphatic heterocycles. The highest BCUT2D eigenvalue weighted by Crippen LogP contribution is 2.25. The van der Waals surface area contributed by atoms with Crippen molar-refractivity contribution in [3.63, 3.8) is 0 Å². The van der Waals surface area contributed by atoms with Crippen molar-refractivity contribution in [2.24, 2.45) is 0 Å². The van der Waals surface area contributed by atoms with Crippen LogP contribution in [0.15, 0.2) is 53.1 Å². The van der Waals surface area contributed by atoms with Crippen LogP contribution in [0.3, 0.4) is 0 Å². The standard InChI is InChI=1S/C18H16ClN3O3/c1-24-13-8-6-12(7-9-13)20-16(23)10-11-17-21-18(22-25-17)14-4-2-3-5-15(14)19/h2-9H,10-11H2,1H3,(H,20,23). The summed E-state index contributed by atoms with van der Waals surface area (Å²) in [5.74, 6) is 1.40. The molecule has 0 aliphatic carbocycles. The number of ether oxygens (including phenoxy) is 1. The lowest BCUT2D eigenvalue weighted by atomic mass is 10.2.